The monoisotopic (exact) mass is 319 g/mol. The lowest BCUT2D eigenvalue weighted by Crippen LogP contribution is -1.93. The molecule has 0 saturated heterocycles. The second-order valence-electron chi connectivity index (χ2n) is 4.96. The quantitative estimate of drug-likeness (QED) is 0.601. The minimum atomic E-state index is 0.449. The Kier molecular flexibility index (Phi) is 3.44. The predicted octanol–water partition coefficient (Wildman–Crippen LogP) is 3.75. The molecule has 4 rings (SSSR count). The number of benzene rings is 1. The summed E-state index contributed by atoms with van der Waals surface area (Å²) in [7, 11) is 0. The van der Waals surface area contributed by atoms with Crippen LogP contribution in [-0.4, -0.2) is 19.9 Å². The van der Waals surface area contributed by atoms with Crippen LogP contribution in [0.25, 0.3) is 22.6 Å². The molecule has 0 fully saturated rings. The molecule has 0 aliphatic carbocycles. The van der Waals surface area contributed by atoms with Crippen LogP contribution in [0, 0.1) is 0 Å². The molecule has 6 heteroatoms. The zero-order chi connectivity index (χ0) is 15.6. The maximum atomic E-state index is 5.91. The molecule has 5 nitrogen and oxygen atoms in total. The van der Waals surface area contributed by atoms with Crippen LogP contribution in [0.4, 0.5) is 5.82 Å². The van der Waals surface area contributed by atoms with Gasteiger partial charge in [0.15, 0.2) is 5.65 Å². The first kappa shape index (κ1) is 13.8. The third kappa shape index (κ3) is 2.76. The number of rotatable bonds is 3. The minimum absolute atomic E-state index is 0.449. The molecule has 3 N–H and O–H groups in total. The molecule has 0 spiro atoms. The molecule has 1 aromatic carbocycles. The number of pyridine rings is 2. The number of nitrogens with one attached hydrogen (secondary N) is 1. The molecule has 112 valence electrons. The number of aromatic amines is 1. The summed E-state index contributed by atoms with van der Waals surface area (Å²) >= 11 is 1.61. The van der Waals surface area contributed by atoms with Crippen molar-refractivity contribution in [1.82, 2.24) is 19.9 Å². The highest BCUT2D eigenvalue weighted by atomic mass is 32.2. The number of hydrogen-bond acceptors (Lipinski definition) is 5. The number of anilines is 1. The fourth-order valence-electron chi connectivity index (χ4n) is 2.29. The third-order valence-corrected chi connectivity index (χ3v) is 4.32. The molecule has 3 heterocycles. The van der Waals surface area contributed by atoms with E-state index in [1.54, 1.807) is 18.0 Å². The molecule has 0 bridgehead atoms. The lowest BCUT2D eigenvalue weighted by Gasteiger charge is -1.99. The summed E-state index contributed by atoms with van der Waals surface area (Å²) in [6, 6.07) is 17.8. The number of aromatic nitrogens is 4. The van der Waals surface area contributed by atoms with Gasteiger partial charge in [-0.1, -0.05) is 30.0 Å². The van der Waals surface area contributed by atoms with Crippen molar-refractivity contribution in [2.24, 2.45) is 0 Å². The van der Waals surface area contributed by atoms with Crippen LogP contribution in [0.2, 0.25) is 0 Å². The second-order valence-corrected chi connectivity index (χ2v) is 6.05. The summed E-state index contributed by atoms with van der Waals surface area (Å²) in [5, 5.41) is 0.904. The van der Waals surface area contributed by atoms with Gasteiger partial charge in [0, 0.05) is 11.1 Å². The summed E-state index contributed by atoms with van der Waals surface area (Å²) in [6.07, 6.45) is 1.66. The first-order valence-corrected chi connectivity index (χ1v) is 7.92. The van der Waals surface area contributed by atoms with Gasteiger partial charge in [-0.2, -0.15) is 0 Å². The first-order chi connectivity index (χ1) is 11.3. The topological polar surface area (TPSA) is 80.5 Å². The fourth-order valence-corrected chi connectivity index (χ4v) is 3.09. The van der Waals surface area contributed by atoms with E-state index in [0.29, 0.717) is 17.3 Å². The van der Waals surface area contributed by atoms with Crippen molar-refractivity contribution < 1.29 is 0 Å². The van der Waals surface area contributed by atoms with Crippen LogP contribution < -0.4 is 5.73 Å². The third-order valence-electron chi connectivity index (χ3n) is 3.38. The lowest BCUT2D eigenvalue weighted by atomic mass is 10.2. The Morgan fingerprint density at radius 1 is 0.913 bits per heavy atom. The van der Waals surface area contributed by atoms with Gasteiger partial charge in [0.05, 0.1) is 11.1 Å². The normalized spacial score (nSPS) is 11.0. The van der Waals surface area contributed by atoms with Gasteiger partial charge < -0.3 is 10.7 Å². The zero-order valence-corrected chi connectivity index (χ0v) is 12.9. The number of nitrogen functional groups attached to an aromatic ring is 1. The number of hydrogen-bond donors (Lipinski definition) is 2. The van der Waals surface area contributed by atoms with Crippen molar-refractivity contribution >= 4 is 28.7 Å². The molecule has 0 aliphatic rings. The Hall–Kier alpha value is -2.86. The van der Waals surface area contributed by atoms with E-state index in [1.807, 2.05) is 42.5 Å². The molecule has 4 aromatic rings. The number of nitrogens with two attached hydrogens (primary N) is 1. The van der Waals surface area contributed by atoms with Gasteiger partial charge in [-0.15, -0.1) is 0 Å². The summed E-state index contributed by atoms with van der Waals surface area (Å²) in [4.78, 5) is 17.6. The van der Waals surface area contributed by atoms with Gasteiger partial charge >= 0.3 is 0 Å². The highest BCUT2D eigenvalue weighted by Gasteiger charge is 2.10. The Labute approximate surface area is 137 Å². The van der Waals surface area contributed by atoms with E-state index in [9.17, 15) is 0 Å². The number of H-pyrrole nitrogens is 1. The Morgan fingerprint density at radius 3 is 2.61 bits per heavy atom. The fraction of sp³-hybridized carbons (Fsp3) is 0. The number of nitrogens with zero attached hydrogens (tertiary/aromatic N) is 3. The average molecular weight is 319 g/mol. The van der Waals surface area contributed by atoms with Crippen molar-refractivity contribution in [3.63, 3.8) is 0 Å². The zero-order valence-electron chi connectivity index (χ0n) is 12.1. The molecule has 0 aliphatic heterocycles. The lowest BCUT2D eigenvalue weighted by molar-refractivity contribution is 1.16. The van der Waals surface area contributed by atoms with Crippen LogP contribution >= 0.6 is 11.8 Å². The van der Waals surface area contributed by atoms with Gasteiger partial charge in [0.25, 0.3) is 0 Å². The van der Waals surface area contributed by atoms with Gasteiger partial charge in [0.1, 0.15) is 16.7 Å². The Balaban J connectivity index is 1.71. The smallest absolute Gasteiger partial charge is 0.179 e. The van der Waals surface area contributed by atoms with Gasteiger partial charge in [-0.25, -0.2) is 15.0 Å². The summed E-state index contributed by atoms with van der Waals surface area (Å²) in [6.45, 7) is 0. The predicted molar refractivity (Wildman–Crippen MR) is 92.1 cm³/mol. The Morgan fingerprint density at radius 2 is 1.78 bits per heavy atom. The molecule has 3 aromatic heterocycles. The van der Waals surface area contributed by atoms with Crippen LogP contribution in [0.5, 0.6) is 0 Å². The van der Waals surface area contributed by atoms with Gasteiger partial charge in [-0.3, -0.25) is 0 Å². The second kappa shape index (κ2) is 5.73. The molecule has 23 heavy (non-hydrogen) atoms. The first-order valence-electron chi connectivity index (χ1n) is 7.10. The average Bonchev–Trinajstić information content (AvgIpc) is 2.99. The minimum Gasteiger partial charge on any atom is -0.383 e. The van der Waals surface area contributed by atoms with Crippen molar-refractivity contribution in [3.8, 4) is 11.4 Å². The maximum absolute atomic E-state index is 5.91. The van der Waals surface area contributed by atoms with Gasteiger partial charge in [0.2, 0.25) is 0 Å². The summed E-state index contributed by atoms with van der Waals surface area (Å²) < 4.78 is 0. The standard InChI is InChI=1S/C17H13N5S/c18-15-12(7-4-10-19-15)16-20-13-8-9-14(21-17(13)22-16)23-11-5-2-1-3-6-11/h1-10H,(H2,18,19)(H,20,21,22). The van der Waals surface area contributed by atoms with Crippen molar-refractivity contribution in [2.75, 3.05) is 5.73 Å². The van der Waals surface area contributed by atoms with E-state index < -0.39 is 0 Å². The van der Waals surface area contributed by atoms with Crippen LogP contribution in [-0.2, 0) is 0 Å². The SMILES string of the molecule is Nc1ncccc1-c1nc2nc(Sc3ccccc3)ccc2[nH]1. The summed E-state index contributed by atoms with van der Waals surface area (Å²) in [5.41, 5.74) is 8.24. The van der Waals surface area contributed by atoms with Crippen LogP contribution in [0.1, 0.15) is 0 Å². The largest absolute Gasteiger partial charge is 0.383 e. The van der Waals surface area contributed by atoms with Crippen LogP contribution in [0.15, 0.2) is 70.7 Å². The highest BCUT2D eigenvalue weighted by molar-refractivity contribution is 7.99. The van der Waals surface area contributed by atoms with E-state index in [0.717, 1.165) is 21.0 Å². The number of fused-ring (bicyclic) bond motifs is 1. The molecular formula is C17H13N5S. The van der Waals surface area contributed by atoms with E-state index in [4.69, 9.17) is 5.73 Å². The van der Waals surface area contributed by atoms with Crippen molar-refractivity contribution in [1.29, 1.82) is 0 Å². The van der Waals surface area contributed by atoms with Crippen molar-refractivity contribution in [3.05, 3.63) is 60.8 Å². The van der Waals surface area contributed by atoms with E-state index in [-0.39, 0.29) is 0 Å². The van der Waals surface area contributed by atoms with Gasteiger partial charge in [-0.05, 0) is 36.4 Å². The summed E-state index contributed by atoms with van der Waals surface area (Å²) in [5.74, 6) is 1.13. The van der Waals surface area contributed by atoms with E-state index >= 15 is 0 Å². The molecular weight excluding hydrogens is 306 g/mol. The molecule has 0 unspecified atom stereocenters. The highest BCUT2D eigenvalue weighted by Crippen LogP contribution is 2.28. The van der Waals surface area contributed by atoms with Crippen molar-refractivity contribution in [2.45, 2.75) is 9.92 Å². The van der Waals surface area contributed by atoms with Crippen LogP contribution in [0.3, 0.4) is 0 Å². The molecule has 0 amide bonds. The molecule has 0 saturated carbocycles. The van der Waals surface area contributed by atoms with E-state index in [1.165, 1.54) is 0 Å². The molecule has 0 radical (unpaired) electrons. The van der Waals surface area contributed by atoms with E-state index in [2.05, 4.69) is 32.1 Å². The maximum Gasteiger partial charge on any atom is 0.179 e. The Bertz CT molecular complexity index is 965. The molecule has 0 atom stereocenters. The number of imidazole rings is 1.